The van der Waals surface area contributed by atoms with Crippen molar-refractivity contribution in [3.05, 3.63) is 0 Å². The number of rotatable bonds is 5. The van der Waals surface area contributed by atoms with Crippen molar-refractivity contribution in [3.8, 4) is 0 Å². The maximum Gasteiger partial charge on any atom is 0.310 e. The zero-order chi connectivity index (χ0) is 19.0. The summed E-state index contributed by atoms with van der Waals surface area (Å²) in [6.07, 6.45) is 8.49. The van der Waals surface area contributed by atoms with Gasteiger partial charge in [0.1, 0.15) is 0 Å². The Labute approximate surface area is 161 Å². The minimum absolute atomic E-state index is 0.0517. The zero-order valence-electron chi connectivity index (χ0n) is 16.4. The maximum absolute atomic E-state index is 13.0. The van der Waals surface area contributed by atoms with Crippen LogP contribution in [0, 0.1) is 29.1 Å². The fraction of sp³-hybridized carbons (Fsp3) is 0.857. The highest BCUT2D eigenvalue weighted by Gasteiger charge is 2.54. The fourth-order valence-electron chi connectivity index (χ4n) is 6.50. The van der Waals surface area contributed by atoms with Crippen LogP contribution < -0.4 is 5.32 Å². The van der Waals surface area contributed by atoms with Crippen LogP contribution in [0.1, 0.15) is 58.3 Å². The number of carbonyl (C=O) groups excluding carboxylic acids is 3. The third kappa shape index (κ3) is 3.72. The molecular weight excluding hydrogens is 344 g/mol. The van der Waals surface area contributed by atoms with Gasteiger partial charge < -0.3 is 15.0 Å². The molecule has 1 aliphatic heterocycles. The Morgan fingerprint density at radius 2 is 1.70 bits per heavy atom. The van der Waals surface area contributed by atoms with Gasteiger partial charge in [0.25, 0.3) is 0 Å². The monoisotopic (exact) mass is 376 g/mol. The fourth-order valence-corrected chi connectivity index (χ4v) is 6.50. The second kappa shape index (κ2) is 7.44. The lowest BCUT2D eigenvalue weighted by molar-refractivity contribution is -0.152. The number of piperidine rings is 1. The van der Waals surface area contributed by atoms with E-state index in [-0.39, 0.29) is 35.7 Å². The van der Waals surface area contributed by atoms with E-state index in [1.807, 2.05) is 0 Å². The van der Waals surface area contributed by atoms with Gasteiger partial charge in [-0.05, 0) is 76.0 Å². The number of esters is 1. The third-order valence-electron chi connectivity index (χ3n) is 7.31. The van der Waals surface area contributed by atoms with Crippen LogP contribution in [0.4, 0.5) is 0 Å². The molecule has 4 bridgehead atoms. The second-order valence-corrected chi connectivity index (χ2v) is 9.31. The van der Waals surface area contributed by atoms with Crippen molar-refractivity contribution in [3.63, 3.8) is 0 Å². The van der Waals surface area contributed by atoms with Crippen LogP contribution in [0.3, 0.4) is 0 Å². The normalized spacial score (nSPS) is 37.1. The van der Waals surface area contributed by atoms with Crippen LogP contribution in [0.5, 0.6) is 0 Å². The van der Waals surface area contributed by atoms with Crippen molar-refractivity contribution in [2.24, 2.45) is 29.1 Å². The van der Waals surface area contributed by atoms with Gasteiger partial charge in [0.15, 0.2) is 0 Å². The van der Waals surface area contributed by atoms with Gasteiger partial charge in [0.05, 0.1) is 19.1 Å². The van der Waals surface area contributed by atoms with E-state index in [4.69, 9.17) is 4.74 Å². The molecule has 5 aliphatic rings. The maximum atomic E-state index is 13.0. The first-order chi connectivity index (χ1) is 13.0. The molecule has 0 aromatic carbocycles. The predicted molar refractivity (Wildman–Crippen MR) is 99.6 cm³/mol. The van der Waals surface area contributed by atoms with E-state index in [2.05, 4.69) is 5.32 Å². The van der Waals surface area contributed by atoms with Crippen molar-refractivity contribution in [1.82, 2.24) is 10.2 Å². The molecular formula is C21H32N2O4. The number of carbonyl (C=O) groups is 3. The molecule has 150 valence electrons. The average Bonchev–Trinajstić information content (AvgIpc) is 2.65. The molecule has 1 N–H and O–H groups in total. The lowest BCUT2D eigenvalue weighted by Crippen LogP contribution is -2.55. The summed E-state index contributed by atoms with van der Waals surface area (Å²) < 4.78 is 5.10. The molecule has 0 spiro atoms. The molecule has 1 heterocycles. The van der Waals surface area contributed by atoms with E-state index in [9.17, 15) is 14.4 Å². The summed E-state index contributed by atoms with van der Waals surface area (Å²) in [6, 6.07) is 0. The number of likely N-dealkylation sites (tertiary alicyclic amines) is 1. The Morgan fingerprint density at radius 1 is 1.07 bits per heavy atom. The van der Waals surface area contributed by atoms with Crippen molar-refractivity contribution in [2.45, 2.75) is 58.3 Å². The molecule has 6 nitrogen and oxygen atoms in total. The van der Waals surface area contributed by atoms with Crippen LogP contribution in [0.15, 0.2) is 0 Å². The van der Waals surface area contributed by atoms with Gasteiger partial charge in [0.2, 0.25) is 11.8 Å². The lowest BCUT2D eigenvalue weighted by Gasteiger charge is -2.55. The molecule has 4 aliphatic carbocycles. The Bertz CT molecular complexity index is 582. The molecule has 0 radical (unpaired) electrons. The van der Waals surface area contributed by atoms with Crippen molar-refractivity contribution >= 4 is 17.8 Å². The first kappa shape index (κ1) is 18.8. The first-order valence-electron chi connectivity index (χ1n) is 10.7. The smallest absolute Gasteiger partial charge is 0.310 e. The van der Waals surface area contributed by atoms with E-state index in [0.717, 1.165) is 32.1 Å². The first-order valence-corrected chi connectivity index (χ1v) is 10.7. The molecule has 27 heavy (non-hydrogen) atoms. The molecule has 2 amide bonds. The number of amides is 2. The quantitative estimate of drug-likeness (QED) is 0.746. The SMILES string of the molecule is CCOC(=O)C1CCCN(C(=O)CNC(=O)C23CC4CC(CC(C4)C2)C3)C1. The average molecular weight is 376 g/mol. The summed E-state index contributed by atoms with van der Waals surface area (Å²) >= 11 is 0. The van der Waals surface area contributed by atoms with Crippen molar-refractivity contribution in [2.75, 3.05) is 26.2 Å². The highest BCUT2D eigenvalue weighted by Crippen LogP contribution is 2.60. The van der Waals surface area contributed by atoms with Crippen LogP contribution >= 0.6 is 0 Å². The second-order valence-electron chi connectivity index (χ2n) is 9.31. The number of hydrogen-bond acceptors (Lipinski definition) is 4. The number of ether oxygens (including phenoxy) is 1. The summed E-state index contributed by atoms with van der Waals surface area (Å²) in [5.41, 5.74) is -0.218. The van der Waals surface area contributed by atoms with Gasteiger partial charge >= 0.3 is 5.97 Å². The largest absolute Gasteiger partial charge is 0.466 e. The van der Waals surface area contributed by atoms with Gasteiger partial charge in [0, 0.05) is 18.5 Å². The third-order valence-corrected chi connectivity index (χ3v) is 7.31. The summed E-state index contributed by atoms with van der Waals surface area (Å²) in [5.74, 6) is 1.70. The molecule has 5 rings (SSSR count). The predicted octanol–water partition coefficient (Wildman–Crippen LogP) is 2.12. The Kier molecular flexibility index (Phi) is 5.17. The number of nitrogens with zero attached hydrogens (tertiary/aromatic N) is 1. The molecule has 0 aromatic rings. The van der Waals surface area contributed by atoms with Crippen LogP contribution in [-0.2, 0) is 19.1 Å². The summed E-state index contributed by atoms with van der Waals surface area (Å²) in [5, 5.41) is 2.96. The highest BCUT2D eigenvalue weighted by molar-refractivity contribution is 5.88. The van der Waals surface area contributed by atoms with Gasteiger partial charge in [-0.2, -0.15) is 0 Å². The Balaban J connectivity index is 1.30. The van der Waals surface area contributed by atoms with Crippen molar-refractivity contribution in [1.29, 1.82) is 0 Å². The minimum Gasteiger partial charge on any atom is -0.466 e. The molecule has 1 atom stereocenters. The molecule has 1 unspecified atom stereocenters. The Morgan fingerprint density at radius 3 is 2.30 bits per heavy atom. The van der Waals surface area contributed by atoms with Gasteiger partial charge in [-0.1, -0.05) is 0 Å². The van der Waals surface area contributed by atoms with Gasteiger partial charge in [-0.15, -0.1) is 0 Å². The van der Waals surface area contributed by atoms with Crippen LogP contribution in [0.2, 0.25) is 0 Å². The summed E-state index contributed by atoms with van der Waals surface area (Å²) in [4.78, 5) is 39.3. The highest BCUT2D eigenvalue weighted by atomic mass is 16.5. The van der Waals surface area contributed by atoms with E-state index in [1.54, 1.807) is 11.8 Å². The topological polar surface area (TPSA) is 75.7 Å². The van der Waals surface area contributed by atoms with Crippen molar-refractivity contribution < 1.29 is 19.1 Å². The van der Waals surface area contributed by atoms with Gasteiger partial charge in [-0.25, -0.2) is 0 Å². The lowest BCUT2D eigenvalue weighted by atomic mass is 9.49. The standard InChI is InChI=1S/C21H32N2O4/c1-2-27-19(25)17-4-3-5-23(13-17)18(24)12-22-20(26)21-9-14-6-15(10-21)8-16(7-14)11-21/h14-17H,2-13H2,1H3,(H,22,26). The summed E-state index contributed by atoms with van der Waals surface area (Å²) in [6.45, 7) is 3.27. The molecule has 5 fully saturated rings. The summed E-state index contributed by atoms with van der Waals surface area (Å²) in [7, 11) is 0. The van der Waals surface area contributed by atoms with E-state index in [1.165, 1.54) is 19.3 Å². The van der Waals surface area contributed by atoms with E-state index < -0.39 is 0 Å². The van der Waals surface area contributed by atoms with Gasteiger partial charge in [-0.3, -0.25) is 14.4 Å². The molecule has 1 saturated heterocycles. The van der Waals surface area contributed by atoms with Crippen LogP contribution in [-0.4, -0.2) is 48.9 Å². The minimum atomic E-state index is -0.235. The van der Waals surface area contributed by atoms with E-state index in [0.29, 0.717) is 37.5 Å². The van der Waals surface area contributed by atoms with E-state index >= 15 is 0 Å². The number of nitrogens with one attached hydrogen (secondary N) is 1. The number of hydrogen-bond donors (Lipinski definition) is 1. The zero-order valence-corrected chi connectivity index (χ0v) is 16.4. The van der Waals surface area contributed by atoms with Crippen LogP contribution in [0.25, 0.3) is 0 Å². The molecule has 6 heteroatoms. The molecule has 4 saturated carbocycles. The Hall–Kier alpha value is -1.59. The molecule has 0 aromatic heterocycles.